The molecule has 7 heteroatoms. The predicted octanol–water partition coefficient (Wildman–Crippen LogP) is 4.81. The number of nitrogens with zero attached hydrogens (tertiary/aromatic N) is 1. The van der Waals surface area contributed by atoms with Crippen LogP contribution in [0.15, 0.2) is 22.7 Å². The highest BCUT2D eigenvalue weighted by atomic mass is 79.9. The number of hydrogen-bond acceptors (Lipinski definition) is 4. The van der Waals surface area contributed by atoms with E-state index in [0.29, 0.717) is 20.8 Å². The van der Waals surface area contributed by atoms with Gasteiger partial charge < -0.3 is 10.1 Å². The van der Waals surface area contributed by atoms with E-state index in [1.807, 2.05) is 0 Å². The Balaban J connectivity index is 1.68. The fourth-order valence-electron chi connectivity index (χ4n) is 2.85. The van der Waals surface area contributed by atoms with E-state index in [1.54, 1.807) is 0 Å². The first kappa shape index (κ1) is 17.9. The summed E-state index contributed by atoms with van der Waals surface area (Å²) in [5.74, 6) is -0.342. The van der Waals surface area contributed by atoms with Crippen LogP contribution in [0.2, 0.25) is 0 Å². The molecule has 0 spiro atoms. The standard InChI is InChI=1S/C18H16BrFN2O2S/c19-14-8-11(20)6-7-15(14)24-10-17(23)22-18-13(9-21)12-4-2-1-3-5-16(12)25-18/h6-8H,1-5,10H2,(H,22,23). The Morgan fingerprint density at radius 1 is 1.36 bits per heavy atom. The van der Waals surface area contributed by atoms with Crippen LogP contribution in [-0.4, -0.2) is 12.5 Å². The number of nitriles is 1. The minimum absolute atomic E-state index is 0.211. The van der Waals surface area contributed by atoms with Gasteiger partial charge in [0.15, 0.2) is 6.61 Å². The molecule has 0 saturated carbocycles. The van der Waals surface area contributed by atoms with Gasteiger partial charge in [-0.3, -0.25) is 4.79 Å². The molecule has 0 saturated heterocycles. The molecule has 1 aromatic heterocycles. The summed E-state index contributed by atoms with van der Waals surface area (Å²) in [6, 6.07) is 6.23. The van der Waals surface area contributed by atoms with Crippen molar-refractivity contribution in [1.29, 1.82) is 5.26 Å². The van der Waals surface area contributed by atoms with Crippen LogP contribution in [0.3, 0.4) is 0 Å². The number of benzene rings is 1. The Hall–Kier alpha value is -1.91. The number of aryl methyl sites for hydroxylation is 1. The van der Waals surface area contributed by atoms with E-state index < -0.39 is 0 Å². The number of nitrogens with one attached hydrogen (secondary N) is 1. The van der Waals surface area contributed by atoms with Crippen molar-refractivity contribution >= 4 is 38.2 Å². The largest absolute Gasteiger partial charge is 0.483 e. The molecule has 0 bridgehead atoms. The molecular formula is C18H16BrFN2O2S. The molecule has 1 aliphatic rings. The first-order chi connectivity index (χ1) is 12.1. The van der Waals surface area contributed by atoms with E-state index >= 15 is 0 Å². The van der Waals surface area contributed by atoms with Crippen LogP contribution in [-0.2, 0) is 17.6 Å². The van der Waals surface area contributed by atoms with Gasteiger partial charge in [0.2, 0.25) is 0 Å². The summed E-state index contributed by atoms with van der Waals surface area (Å²) < 4.78 is 18.9. The second-order valence-corrected chi connectivity index (χ2v) is 7.75. The normalized spacial score (nSPS) is 13.5. The van der Waals surface area contributed by atoms with Gasteiger partial charge in [0.1, 0.15) is 22.6 Å². The van der Waals surface area contributed by atoms with Gasteiger partial charge in [0.25, 0.3) is 5.91 Å². The first-order valence-corrected chi connectivity index (χ1v) is 9.61. The molecule has 3 rings (SSSR count). The number of amides is 1. The summed E-state index contributed by atoms with van der Waals surface area (Å²) in [4.78, 5) is 13.4. The zero-order chi connectivity index (χ0) is 17.8. The van der Waals surface area contributed by atoms with Crippen LogP contribution in [0.4, 0.5) is 9.39 Å². The third-order valence-electron chi connectivity index (χ3n) is 4.04. The fourth-order valence-corrected chi connectivity index (χ4v) is 4.57. The molecule has 1 N–H and O–H groups in total. The minimum Gasteiger partial charge on any atom is -0.483 e. The van der Waals surface area contributed by atoms with Crippen molar-refractivity contribution < 1.29 is 13.9 Å². The summed E-state index contributed by atoms with van der Waals surface area (Å²) in [6.45, 7) is -0.211. The highest BCUT2D eigenvalue weighted by Gasteiger charge is 2.21. The van der Waals surface area contributed by atoms with Crippen molar-refractivity contribution in [3.05, 3.63) is 44.5 Å². The van der Waals surface area contributed by atoms with E-state index in [1.165, 1.54) is 40.8 Å². The van der Waals surface area contributed by atoms with Crippen molar-refractivity contribution in [2.75, 3.05) is 11.9 Å². The average molecular weight is 423 g/mol. The van der Waals surface area contributed by atoms with Gasteiger partial charge in [0, 0.05) is 4.88 Å². The molecule has 0 radical (unpaired) electrons. The molecule has 0 aliphatic heterocycles. The van der Waals surface area contributed by atoms with Crippen molar-refractivity contribution in [1.82, 2.24) is 0 Å². The summed E-state index contributed by atoms with van der Waals surface area (Å²) in [5.41, 5.74) is 1.67. The van der Waals surface area contributed by atoms with Crippen LogP contribution in [0, 0.1) is 17.1 Å². The summed E-state index contributed by atoms with van der Waals surface area (Å²) in [6.07, 6.45) is 5.22. The Labute approximate surface area is 157 Å². The monoisotopic (exact) mass is 422 g/mol. The van der Waals surface area contributed by atoms with E-state index in [9.17, 15) is 14.4 Å². The van der Waals surface area contributed by atoms with Gasteiger partial charge in [-0.1, -0.05) is 6.42 Å². The Bertz CT molecular complexity index is 844. The van der Waals surface area contributed by atoms with E-state index in [4.69, 9.17) is 4.74 Å². The SMILES string of the molecule is N#Cc1c(NC(=O)COc2ccc(F)cc2Br)sc2c1CCCCC2. The molecular weight excluding hydrogens is 407 g/mol. The Morgan fingerprint density at radius 2 is 2.16 bits per heavy atom. The molecule has 0 fully saturated rings. The summed E-state index contributed by atoms with van der Waals surface area (Å²) in [7, 11) is 0. The summed E-state index contributed by atoms with van der Waals surface area (Å²) in [5, 5.41) is 12.9. The van der Waals surface area contributed by atoms with Gasteiger partial charge in [-0.15, -0.1) is 11.3 Å². The van der Waals surface area contributed by atoms with Crippen molar-refractivity contribution in [3.8, 4) is 11.8 Å². The van der Waals surface area contributed by atoms with Crippen LogP contribution in [0.25, 0.3) is 0 Å². The average Bonchev–Trinajstić information content (AvgIpc) is 2.74. The molecule has 2 aromatic rings. The molecule has 1 aromatic carbocycles. The van der Waals surface area contributed by atoms with Crippen LogP contribution >= 0.6 is 27.3 Å². The molecule has 0 unspecified atom stereocenters. The Kier molecular flexibility index (Phi) is 5.71. The van der Waals surface area contributed by atoms with Crippen LogP contribution in [0.5, 0.6) is 5.75 Å². The molecule has 4 nitrogen and oxygen atoms in total. The quantitative estimate of drug-likeness (QED) is 0.719. The van der Waals surface area contributed by atoms with E-state index in [2.05, 4.69) is 27.3 Å². The third-order valence-corrected chi connectivity index (χ3v) is 5.87. The second-order valence-electron chi connectivity index (χ2n) is 5.79. The third kappa shape index (κ3) is 4.20. The maximum Gasteiger partial charge on any atom is 0.262 e. The number of hydrogen-bond donors (Lipinski definition) is 1. The number of carbonyl (C=O) groups is 1. The number of ether oxygens (including phenoxy) is 1. The predicted molar refractivity (Wildman–Crippen MR) is 98.5 cm³/mol. The molecule has 1 aliphatic carbocycles. The topological polar surface area (TPSA) is 62.1 Å². The maximum atomic E-state index is 13.1. The molecule has 130 valence electrons. The summed E-state index contributed by atoms with van der Waals surface area (Å²) >= 11 is 4.68. The van der Waals surface area contributed by atoms with Gasteiger partial charge in [-0.25, -0.2) is 4.39 Å². The van der Waals surface area contributed by atoms with Gasteiger partial charge in [0.05, 0.1) is 10.0 Å². The number of carbonyl (C=O) groups excluding carboxylic acids is 1. The molecule has 1 amide bonds. The number of thiophene rings is 1. The lowest BCUT2D eigenvalue weighted by molar-refractivity contribution is -0.118. The zero-order valence-electron chi connectivity index (χ0n) is 13.4. The van der Waals surface area contributed by atoms with Crippen LogP contribution < -0.4 is 10.1 Å². The number of rotatable bonds is 4. The first-order valence-electron chi connectivity index (χ1n) is 8.01. The number of fused-ring (bicyclic) bond motifs is 1. The fraction of sp³-hybridized carbons (Fsp3) is 0.333. The van der Waals surface area contributed by atoms with Gasteiger partial charge in [-0.05, 0) is 65.4 Å². The molecule has 1 heterocycles. The lowest BCUT2D eigenvalue weighted by Gasteiger charge is -2.08. The smallest absolute Gasteiger partial charge is 0.262 e. The zero-order valence-corrected chi connectivity index (χ0v) is 15.8. The van der Waals surface area contributed by atoms with Gasteiger partial charge in [-0.2, -0.15) is 5.26 Å². The number of halogens is 2. The van der Waals surface area contributed by atoms with Crippen LogP contribution in [0.1, 0.15) is 35.3 Å². The minimum atomic E-state index is -0.387. The maximum absolute atomic E-state index is 13.1. The van der Waals surface area contributed by atoms with Crippen molar-refractivity contribution in [2.45, 2.75) is 32.1 Å². The van der Waals surface area contributed by atoms with Crippen molar-refractivity contribution in [2.24, 2.45) is 0 Å². The highest BCUT2D eigenvalue weighted by Crippen LogP contribution is 2.37. The number of anilines is 1. The molecule has 25 heavy (non-hydrogen) atoms. The Morgan fingerprint density at radius 3 is 2.92 bits per heavy atom. The highest BCUT2D eigenvalue weighted by molar-refractivity contribution is 9.10. The lowest BCUT2D eigenvalue weighted by atomic mass is 10.1. The lowest BCUT2D eigenvalue weighted by Crippen LogP contribution is -2.20. The van der Waals surface area contributed by atoms with Crippen molar-refractivity contribution in [3.63, 3.8) is 0 Å². The molecule has 0 atom stereocenters. The van der Waals surface area contributed by atoms with E-state index in [0.717, 1.165) is 31.2 Å². The van der Waals surface area contributed by atoms with Gasteiger partial charge >= 0.3 is 0 Å². The van der Waals surface area contributed by atoms with E-state index in [-0.39, 0.29) is 18.3 Å². The second kappa shape index (κ2) is 7.98.